The third kappa shape index (κ3) is 9.27. The molecule has 0 heterocycles. The van der Waals surface area contributed by atoms with E-state index in [-0.39, 0.29) is 0 Å². The third-order valence-electron chi connectivity index (χ3n) is 1.73. The lowest BCUT2D eigenvalue weighted by Gasteiger charge is -1.97. The molecule has 0 bridgehead atoms. The van der Waals surface area contributed by atoms with Crippen LogP contribution >= 0.6 is 0 Å². The van der Waals surface area contributed by atoms with Crippen molar-refractivity contribution in [1.29, 1.82) is 0 Å². The van der Waals surface area contributed by atoms with Crippen LogP contribution in [0.4, 0.5) is 0 Å². The molecule has 4 nitrogen and oxygen atoms in total. The predicted octanol–water partition coefficient (Wildman–Crippen LogP) is 3.37. The molecule has 0 unspecified atom stereocenters. The van der Waals surface area contributed by atoms with E-state index in [2.05, 4.69) is 10.0 Å². The summed E-state index contributed by atoms with van der Waals surface area (Å²) in [6.07, 6.45) is 6.50. The number of unbranched alkanes of at least 4 members (excludes halogenated alkanes) is 5. The highest BCUT2D eigenvalue weighted by atomic mass is 16.2. The van der Waals surface area contributed by atoms with E-state index in [0.717, 1.165) is 25.7 Å². The molecule has 0 radical (unpaired) electrons. The lowest BCUT2D eigenvalue weighted by Crippen LogP contribution is -1.84. The van der Waals surface area contributed by atoms with Gasteiger partial charge in [-0.1, -0.05) is 30.8 Å². The number of aliphatic hydroxyl groups is 1. The van der Waals surface area contributed by atoms with Gasteiger partial charge in [-0.2, -0.15) is 0 Å². The molecule has 0 aromatic heterocycles. The molecule has 0 fully saturated rings. The molecular weight excluding hydrogens is 154 g/mol. The zero-order valence-corrected chi connectivity index (χ0v) is 7.45. The Bertz CT molecular complexity index is 149. The van der Waals surface area contributed by atoms with Crippen molar-refractivity contribution in [2.24, 2.45) is 5.11 Å². The maximum absolute atomic E-state index is 8.48. The van der Waals surface area contributed by atoms with Gasteiger partial charge in [-0.15, -0.1) is 0 Å². The fraction of sp³-hybridized carbons (Fsp3) is 1.00. The van der Waals surface area contributed by atoms with Crippen molar-refractivity contribution in [3.05, 3.63) is 10.4 Å². The van der Waals surface area contributed by atoms with Gasteiger partial charge in [0, 0.05) is 27.0 Å². The second kappa shape index (κ2) is 10.3. The summed E-state index contributed by atoms with van der Waals surface area (Å²) < 4.78 is 30.0. The van der Waals surface area contributed by atoms with E-state index in [4.69, 9.17) is 19.5 Å². The van der Waals surface area contributed by atoms with Crippen molar-refractivity contribution >= 4 is 0 Å². The number of rotatable bonds is 8. The van der Waals surface area contributed by atoms with Crippen LogP contribution < -0.4 is 0 Å². The summed E-state index contributed by atoms with van der Waals surface area (Å²) >= 11 is 0. The van der Waals surface area contributed by atoms with Gasteiger partial charge >= 0.3 is 0 Å². The summed E-state index contributed by atoms with van der Waals surface area (Å²) in [5.41, 5.74) is 7.97. The molecule has 4 heteroatoms. The van der Waals surface area contributed by atoms with Gasteiger partial charge in [0.05, 0.1) is 0 Å². The van der Waals surface area contributed by atoms with Crippen LogP contribution in [0.15, 0.2) is 5.11 Å². The quantitative estimate of drug-likeness (QED) is 0.266. The van der Waals surface area contributed by atoms with Crippen molar-refractivity contribution in [1.82, 2.24) is 0 Å². The molecule has 0 aliphatic carbocycles. The van der Waals surface area contributed by atoms with Crippen LogP contribution in [0.1, 0.15) is 47.4 Å². The third-order valence-corrected chi connectivity index (χ3v) is 1.73. The Kier molecular flexibility index (Phi) is 5.78. The van der Waals surface area contributed by atoms with Crippen LogP contribution in [0.5, 0.6) is 0 Å². The highest BCUT2D eigenvalue weighted by molar-refractivity contribution is 4.49. The van der Waals surface area contributed by atoms with Gasteiger partial charge in [0.2, 0.25) is 0 Å². The Morgan fingerprint density at radius 3 is 2.33 bits per heavy atom. The molecule has 0 atom stereocenters. The Morgan fingerprint density at radius 2 is 1.75 bits per heavy atom. The van der Waals surface area contributed by atoms with Crippen molar-refractivity contribution in [3.8, 4) is 0 Å². The molecule has 0 aromatic rings. The highest BCUT2D eigenvalue weighted by Gasteiger charge is 1.89. The smallest absolute Gasteiger partial charge is 0.0431 e. The molecule has 0 amide bonds. The zero-order valence-electron chi connectivity index (χ0n) is 13.4. The molecule has 0 spiro atoms. The molecule has 0 aromatic carbocycles. The fourth-order valence-corrected chi connectivity index (χ4v) is 1.05. The van der Waals surface area contributed by atoms with Crippen LogP contribution in [-0.2, 0) is 0 Å². The maximum Gasteiger partial charge on any atom is 0.0431 e. The molecule has 0 aliphatic rings. The van der Waals surface area contributed by atoms with E-state index in [1.807, 2.05) is 0 Å². The first-order valence-electron chi connectivity index (χ1n) is 7.53. The SMILES string of the molecule is [2H][2H].[2H][2H].[2H][2H].[N-]=[N+]=NCCCCCCCCO. The van der Waals surface area contributed by atoms with Gasteiger partial charge in [0.25, 0.3) is 0 Å². The summed E-state index contributed by atoms with van der Waals surface area (Å²) in [6, 6.07) is 0. The summed E-state index contributed by atoms with van der Waals surface area (Å²) in [6.45, 7) is 0.926. The summed E-state index contributed by atoms with van der Waals surface area (Å²) in [4.78, 5) is 2.67. The Hall–Kier alpha value is -0.730. The molecule has 0 saturated heterocycles. The normalized spacial score (nSPS) is 11.4. The number of aliphatic hydroxyl groups excluding tert-OH is 1. The van der Waals surface area contributed by atoms with Gasteiger partial charge in [-0.05, 0) is 18.4 Å². The van der Waals surface area contributed by atoms with E-state index in [1.54, 1.807) is 0 Å². The summed E-state index contributed by atoms with van der Waals surface area (Å²) in [5.74, 6) is 0. The molecule has 1 N–H and O–H groups in total. The van der Waals surface area contributed by atoms with Gasteiger partial charge in [-0.25, -0.2) is 0 Å². The number of hydrogen-bond acceptors (Lipinski definition) is 2. The topological polar surface area (TPSA) is 69.0 Å². The van der Waals surface area contributed by atoms with Crippen LogP contribution in [-0.4, -0.2) is 18.3 Å². The fourth-order valence-electron chi connectivity index (χ4n) is 1.05. The molecule has 76 valence electrons. The highest BCUT2D eigenvalue weighted by Crippen LogP contribution is 2.04. The van der Waals surface area contributed by atoms with E-state index in [1.165, 1.54) is 12.8 Å². The van der Waals surface area contributed by atoms with Crippen molar-refractivity contribution in [3.63, 3.8) is 0 Å². The number of nitrogens with zero attached hydrogens (tertiary/aromatic N) is 3. The van der Waals surface area contributed by atoms with Crippen molar-refractivity contribution < 1.29 is 14.0 Å². The minimum atomic E-state index is 0.304. The Labute approximate surface area is 82.5 Å². The predicted molar refractivity (Wildman–Crippen MR) is 55.1 cm³/mol. The second-order valence-corrected chi connectivity index (χ2v) is 2.80. The van der Waals surface area contributed by atoms with Gasteiger partial charge in [0.15, 0.2) is 0 Å². The standard InChI is InChI=1S/C8H17N3O.3H2/c9-11-10-7-5-3-1-2-4-6-8-12;;;/h12H,1-8H2;3*1H/i;3*1+1D. The van der Waals surface area contributed by atoms with Gasteiger partial charge < -0.3 is 5.11 Å². The molecule has 12 heavy (non-hydrogen) atoms. The average molecular weight is 183 g/mol. The Balaban J connectivity index is -0.000000141. The van der Waals surface area contributed by atoms with E-state index in [0.29, 0.717) is 13.2 Å². The monoisotopic (exact) mass is 183 g/mol. The zero-order chi connectivity index (χ0) is 15.1. The lowest BCUT2D eigenvalue weighted by atomic mass is 10.1. The molecular formula is C8H23N3O. The molecule has 0 aliphatic heterocycles. The maximum atomic E-state index is 8.48. The average Bonchev–Trinajstić information content (AvgIpc) is 2.48. The first-order chi connectivity index (χ1) is 8.91. The minimum Gasteiger partial charge on any atom is -0.396 e. The van der Waals surface area contributed by atoms with Crippen LogP contribution in [0.3, 0.4) is 0 Å². The van der Waals surface area contributed by atoms with Gasteiger partial charge in [-0.3, -0.25) is 0 Å². The van der Waals surface area contributed by atoms with Crippen molar-refractivity contribution in [2.75, 3.05) is 13.2 Å². The first-order valence-corrected chi connectivity index (χ1v) is 4.53. The second-order valence-electron chi connectivity index (χ2n) is 2.80. The van der Waals surface area contributed by atoms with Crippen LogP contribution in [0.2, 0.25) is 0 Å². The number of hydrogen-bond donors (Lipinski definition) is 1. The largest absolute Gasteiger partial charge is 0.396 e. The van der Waals surface area contributed by atoms with Crippen LogP contribution in [0.25, 0.3) is 10.4 Å². The summed E-state index contributed by atoms with van der Waals surface area (Å²) in [7, 11) is 0. The van der Waals surface area contributed by atoms with E-state index in [9.17, 15) is 0 Å². The molecule has 0 rings (SSSR count). The minimum absolute atomic E-state index is 0.304. The van der Waals surface area contributed by atoms with Crippen LogP contribution in [0, 0.1) is 0 Å². The summed E-state index contributed by atoms with van der Waals surface area (Å²) in [5, 5.41) is 11.9. The van der Waals surface area contributed by atoms with Crippen molar-refractivity contribution in [2.45, 2.75) is 38.5 Å². The van der Waals surface area contributed by atoms with E-state index < -0.39 is 0 Å². The Morgan fingerprint density at radius 1 is 1.17 bits per heavy atom. The van der Waals surface area contributed by atoms with E-state index >= 15 is 0 Å². The lowest BCUT2D eigenvalue weighted by molar-refractivity contribution is 0.282. The van der Waals surface area contributed by atoms with Gasteiger partial charge in [0.1, 0.15) is 0 Å². The molecule has 0 saturated carbocycles. The first kappa shape index (κ1) is 6.75. The number of azide groups is 1.